The minimum Gasteiger partial charge on any atom is -0.462 e. The predicted octanol–water partition coefficient (Wildman–Crippen LogP) is 21.3. The van der Waals surface area contributed by atoms with E-state index in [1.165, 1.54) is 173 Å². The lowest BCUT2D eigenvalue weighted by atomic mass is 10.0. The van der Waals surface area contributed by atoms with Crippen molar-refractivity contribution in [3.8, 4) is 0 Å². The van der Waals surface area contributed by atoms with E-state index in [0.717, 1.165) is 103 Å². The molecule has 0 aliphatic heterocycles. The molecule has 0 spiro atoms. The lowest BCUT2D eigenvalue weighted by Gasteiger charge is -2.18. The molecule has 0 aromatic carbocycles. The van der Waals surface area contributed by atoms with Crippen LogP contribution in [0.4, 0.5) is 0 Å². The number of unbranched alkanes of at least 4 members (excludes halogenated alkanes) is 34. The van der Waals surface area contributed by atoms with Gasteiger partial charge in [0.05, 0.1) is 0 Å². The maximum atomic E-state index is 12.9. The minimum absolute atomic E-state index is 0.0865. The molecule has 0 radical (unpaired) electrons. The number of hydrogen-bond acceptors (Lipinski definition) is 6. The Balaban J connectivity index is 4.25. The van der Waals surface area contributed by atoms with Crippen LogP contribution in [0.5, 0.6) is 0 Å². The Hall–Kier alpha value is -3.15. The van der Waals surface area contributed by atoms with E-state index in [1.54, 1.807) is 0 Å². The molecule has 6 heteroatoms. The van der Waals surface area contributed by atoms with E-state index in [4.69, 9.17) is 14.2 Å². The fourth-order valence-corrected chi connectivity index (χ4v) is 8.95. The molecule has 0 amide bonds. The van der Waals surface area contributed by atoms with Gasteiger partial charge in [-0.1, -0.05) is 261 Å². The van der Waals surface area contributed by atoms with E-state index < -0.39 is 6.10 Å². The molecule has 0 fully saturated rings. The first kappa shape index (κ1) is 69.8. The standard InChI is InChI=1S/C67H118O6/c1-4-7-10-13-16-19-22-25-27-28-29-30-31-32-33-34-35-36-37-38-40-42-45-48-51-54-57-60-66(69)72-63-64(62-71-65(68)59-56-53-50-47-44-41-24-21-18-15-12-9-6-3)73-67(70)61-58-55-52-49-46-43-39-26-23-20-17-14-11-8-5-2/h9,12,18,21-22,25-26,28-29,39,41,44,64H,4-8,10-11,13-17,19-20,23-24,27,30-38,40,42-43,45-63H2,1-3H3/b12-9-,21-18-,25-22-,29-28-,39-26-,44-41-. The summed E-state index contributed by atoms with van der Waals surface area (Å²) in [5.41, 5.74) is 0. The van der Waals surface area contributed by atoms with Crippen molar-refractivity contribution in [2.45, 2.75) is 322 Å². The summed E-state index contributed by atoms with van der Waals surface area (Å²) in [6.07, 6.45) is 79.2. The number of carbonyl (C=O) groups is 3. The van der Waals surface area contributed by atoms with Crippen molar-refractivity contribution in [2.75, 3.05) is 13.2 Å². The first-order valence-electron chi connectivity index (χ1n) is 31.4. The molecule has 0 saturated heterocycles. The summed E-state index contributed by atoms with van der Waals surface area (Å²) in [5.74, 6) is -0.914. The lowest BCUT2D eigenvalue weighted by molar-refractivity contribution is -0.167. The van der Waals surface area contributed by atoms with Crippen LogP contribution in [-0.4, -0.2) is 37.2 Å². The van der Waals surface area contributed by atoms with E-state index in [1.807, 2.05) is 0 Å². The Morgan fingerprint density at radius 2 is 0.534 bits per heavy atom. The van der Waals surface area contributed by atoms with Crippen LogP contribution in [0.3, 0.4) is 0 Å². The Kier molecular flexibility index (Phi) is 58.7. The summed E-state index contributed by atoms with van der Waals surface area (Å²) < 4.78 is 16.9. The molecule has 0 aliphatic carbocycles. The Bertz CT molecular complexity index is 1360. The molecule has 0 rings (SSSR count). The van der Waals surface area contributed by atoms with Crippen LogP contribution in [-0.2, 0) is 28.6 Å². The monoisotopic (exact) mass is 1020 g/mol. The number of hydrogen-bond donors (Lipinski definition) is 0. The van der Waals surface area contributed by atoms with Crippen LogP contribution in [0.2, 0.25) is 0 Å². The zero-order chi connectivity index (χ0) is 52.9. The van der Waals surface area contributed by atoms with Gasteiger partial charge < -0.3 is 14.2 Å². The van der Waals surface area contributed by atoms with Crippen LogP contribution in [0, 0.1) is 0 Å². The molecule has 1 unspecified atom stereocenters. The van der Waals surface area contributed by atoms with Crippen molar-refractivity contribution >= 4 is 17.9 Å². The van der Waals surface area contributed by atoms with E-state index in [0.29, 0.717) is 19.3 Å². The average molecular weight is 1020 g/mol. The van der Waals surface area contributed by atoms with Crippen LogP contribution in [0.1, 0.15) is 316 Å². The van der Waals surface area contributed by atoms with Crippen LogP contribution in [0.15, 0.2) is 72.9 Å². The van der Waals surface area contributed by atoms with Gasteiger partial charge in [0, 0.05) is 19.3 Å². The first-order chi connectivity index (χ1) is 36.0. The van der Waals surface area contributed by atoms with Crippen molar-refractivity contribution in [3.63, 3.8) is 0 Å². The molecule has 73 heavy (non-hydrogen) atoms. The number of ether oxygens (including phenoxy) is 3. The van der Waals surface area contributed by atoms with E-state index in [-0.39, 0.29) is 31.1 Å². The highest BCUT2D eigenvalue weighted by molar-refractivity contribution is 5.71. The number of allylic oxidation sites excluding steroid dienone is 12. The molecule has 1 atom stereocenters. The van der Waals surface area contributed by atoms with E-state index in [9.17, 15) is 14.4 Å². The van der Waals surface area contributed by atoms with Gasteiger partial charge in [0.1, 0.15) is 13.2 Å². The topological polar surface area (TPSA) is 78.9 Å². The Morgan fingerprint density at radius 3 is 0.863 bits per heavy atom. The van der Waals surface area contributed by atoms with Crippen LogP contribution < -0.4 is 0 Å². The first-order valence-corrected chi connectivity index (χ1v) is 31.4. The lowest BCUT2D eigenvalue weighted by Crippen LogP contribution is -2.30. The van der Waals surface area contributed by atoms with Gasteiger partial charge in [0.15, 0.2) is 6.10 Å². The second-order valence-electron chi connectivity index (χ2n) is 20.9. The van der Waals surface area contributed by atoms with E-state index in [2.05, 4.69) is 93.7 Å². The summed E-state index contributed by atoms with van der Waals surface area (Å²) in [5, 5.41) is 0. The highest BCUT2D eigenvalue weighted by Crippen LogP contribution is 2.16. The van der Waals surface area contributed by atoms with Gasteiger partial charge in [-0.2, -0.15) is 0 Å². The zero-order valence-corrected chi connectivity index (χ0v) is 48.4. The van der Waals surface area contributed by atoms with Crippen LogP contribution in [0.25, 0.3) is 0 Å². The molecule has 0 heterocycles. The second kappa shape index (κ2) is 61.4. The molecule has 0 aliphatic rings. The third-order valence-corrected chi connectivity index (χ3v) is 13.7. The number of esters is 3. The third-order valence-electron chi connectivity index (χ3n) is 13.7. The predicted molar refractivity (Wildman–Crippen MR) is 316 cm³/mol. The molecule has 0 N–H and O–H groups in total. The SMILES string of the molecule is CC/C=C\C/C=C\C/C=C\CCCCCC(=O)OCC(COC(=O)CCCCCCCCCCCCCCCCC/C=C\C/C=C\CCCCCCC)OC(=O)CCCCCCC/C=C\CCCCCCCC. The zero-order valence-electron chi connectivity index (χ0n) is 48.4. The van der Waals surface area contributed by atoms with Crippen molar-refractivity contribution in [2.24, 2.45) is 0 Å². The number of carbonyl (C=O) groups excluding carboxylic acids is 3. The summed E-state index contributed by atoms with van der Waals surface area (Å²) in [6, 6.07) is 0. The maximum Gasteiger partial charge on any atom is 0.306 e. The van der Waals surface area contributed by atoms with Crippen molar-refractivity contribution in [1.29, 1.82) is 0 Å². The molecule has 0 saturated carbocycles. The van der Waals surface area contributed by atoms with Gasteiger partial charge >= 0.3 is 17.9 Å². The number of rotatable bonds is 57. The average Bonchev–Trinajstić information content (AvgIpc) is 3.39. The van der Waals surface area contributed by atoms with Gasteiger partial charge in [-0.25, -0.2) is 0 Å². The fourth-order valence-electron chi connectivity index (χ4n) is 8.95. The quantitative estimate of drug-likeness (QED) is 0.0261. The molecule has 422 valence electrons. The highest BCUT2D eigenvalue weighted by atomic mass is 16.6. The highest BCUT2D eigenvalue weighted by Gasteiger charge is 2.19. The summed E-state index contributed by atoms with van der Waals surface area (Å²) in [4.78, 5) is 38.2. The molecule has 6 nitrogen and oxygen atoms in total. The summed E-state index contributed by atoms with van der Waals surface area (Å²) in [6.45, 7) is 6.51. The van der Waals surface area contributed by atoms with Gasteiger partial charge in [-0.15, -0.1) is 0 Å². The smallest absolute Gasteiger partial charge is 0.306 e. The van der Waals surface area contributed by atoms with Crippen molar-refractivity contribution < 1.29 is 28.6 Å². The van der Waals surface area contributed by atoms with Crippen LogP contribution >= 0.6 is 0 Å². The maximum absolute atomic E-state index is 12.9. The largest absolute Gasteiger partial charge is 0.462 e. The Morgan fingerprint density at radius 1 is 0.288 bits per heavy atom. The fraction of sp³-hybridized carbons (Fsp3) is 0.776. The summed E-state index contributed by atoms with van der Waals surface area (Å²) in [7, 11) is 0. The van der Waals surface area contributed by atoms with Gasteiger partial charge in [0.25, 0.3) is 0 Å². The van der Waals surface area contributed by atoms with E-state index >= 15 is 0 Å². The van der Waals surface area contributed by atoms with Gasteiger partial charge in [0.2, 0.25) is 0 Å². The third kappa shape index (κ3) is 59.6. The molecular formula is C67H118O6. The van der Waals surface area contributed by atoms with Gasteiger partial charge in [-0.05, 0) is 109 Å². The molecule has 0 aromatic rings. The molecule has 0 bridgehead atoms. The van der Waals surface area contributed by atoms with Crippen molar-refractivity contribution in [3.05, 3.63) is 72.9 Å². The minimum atomic E-state index is -0.791. The molecular weight excluding hydrogens is 901 g/mol. The summed E-state index contributed by atoms with van der Waals surface area (Å²) >= 11 is 0. The Labute approximate surface area is 453 Å². The normalized spacial score (nSPS) is 12.5. The van der Waals surface area contributed by atoms with Gasteiger partial charge in [-0.3, -0.25) is 14.4 Å². The molecule has 0 aromatic heterocycles. The second-order valence-corrected chi connectivity index (χ2v) is 20.9. The van der Waals surface area contributed by atoms with Crippen molar-refractivity contribution in [1.82, 2.24) is 0 Å².